The number of aromatic nitrogens is 1. The minimum Gasteiger partial charge on any atom is -0.353 e. The number of likely N-dealkylation sites (tertiary alicyclic amines) is 1. The van der Waals surface area contributed by atoms with E-state index in [0.29, 0.717) is 13.1 Å². The van der Waals surface area contributed by atoms with Crippen LogP contribution in [0.1, 0.15) is 66.1 Å². The van der Waals surface area contributed by atoms with Crippen molar-refractivity contribution in [2.75, 3.05) is 19.6 Å². The standard InChI is InChI=1S/C32H40N4O3S/c1-24-7-5-8-29(19-24)40(38,39)36-18-17-35-16-6-9-30(35)31(36)22-32(37)33-28-13-12-26-20-25(10-11-27(26)21-28)23-34-14-3-2-4-15-34/h5-11,16,19-20,28,31H,2-4,12-15,17-18,21-23H2,1H3,(H,33,37). The van der Waals surface area contributed by atoms with E-state index >= 15 is 0 Å². The normalized spacial score (nSPS) is 21.9. The maximum Gasteiger partial charge on any atom is 0.243 e. The molecule has 1 aliphatic carbocycles. The summed E-state index contributed by atoms with van der Waals surface area (Å²) in [6.45, 7) is 6.22. The van der Waals surface area contributed by atoms with Gasteiger partial charge in [-0.25, -0.2) is 8.42 Å². The van der Waals surface area contributed by atoms with E-state index in [1.807, 2.05) is 31.3 Å². The van der Waals surface area contributed by atoms with Crippen LogP contribution in [0.25, 0.3) is 0 Å². The van der Waals surface area contributed by atoms with Crippen LogP contribution < -0.4 is 5.32 Å². The minimum absolute atomic E-state index is 0.0603. The van der Waals surface area contributed by atoms with Crippen LogP contribution in [0.5, 0.6) is 0 Å². The second kappa shape index (κ2) is 11.5. The van der Waals surface area contributed by atoms with Crippen LogP contribution in [0.4, 0.5) is 0 Å². The number of carbonyl (C=O) groups is 1. The van der Waals surface area contributed by atoms with Crippen molar-refractivity contribution in [3.8, 4) is 0 Å². The molecular weight excluding hydrogens is 520 g/mol. The molecule has 2 unspecified atom stereocenters. The third-order valence-electron chi connectivity index (χ3n) is 8.81. The van der Waals surface area contributed by atoms with Crippen LogP contribution >= 0.6 is 0 Å². The number of sulfonamides is 1. The van der Waals surface area contributed by atoms with Gasteiger partial charge >= 0.3 is 0 Å². The number of fused-ring (bicyclic) bond motifs is 2. The van der Waals surface area contributed by atoms with E-state index in [2.05, 4.69) is 33.0 Å². The quantitative estimate of drug-likeness (QED) is 0.459. The maximum atomic E-state index is 13.7. The Morgan fingerprint density at radius 1 is 0.950 bits per heavy atom. The zero-order chi connectivity index (χ0) is 27.7. The van der Waals surface area contributed by atoms with E-state index in [1.54, 1.807) is 18.2 Å². The number of nitrogens with zero attached hydrogens (tertiary/aromatic N) is 3. The lowest BCUT2D eigenvalue weighted by molar-refractivity contribution is -0.123. The van der Waals surface area contributed by atoms with Crippen LogP contribution in [0, 0.1) is 6.92 Å². The lowest BCUT2D eigenvalue weighted by Gasteiger charge is -2.36. The molecule has 2 aliphatic heterocycles. The Bertz CT molecular complexity index is 1470. The molecule has 2 atom stereocenters. The lowest BCUT2D eigenvalue weighted by atomic mass is 9.87. The van der Waals surface area contributed by atoms with Gasteiger partial charge in [0.1, 0.15) is 0 Å². The molecule has 0 radical (unpaired) electrons. The average Bonchev–Trinajstić information content (AvgIpc) is 3.43. The van der Waals surface area contributed by atoms with E-state index < -0.39 is 16.1 Å². The number of hydrogen-bond donors (Lipinski definition) is 1. The molecule has 2 aromatic carbocycles. The van der Waals surface area contributed by atoms with Crippen molar-refractivity contribution < 1.29 is 13.2 Å². The Hall–Kier alpha value is -2.94. The first kappa shape index (κ1) is 27.2. The monoisotopic (exact) mass is 560 g/mol. The van der Waals surface area contributed by atoms with Gasteiger partial charge < -0.3 is 9.88 Å². The zero-order valence-electron chi connectivity index (χ0n) is 23.4. The summed E-state index contributed by atoms with van der Waals surface area (Å²) in [5.74, 6) is -0.0979. The van der Waals surface area contributed by atoms with Gasteiger partial charge in [-0.05, 0) is 98.6 Å². The second-order valence-corrected chi connectivity index (χ2v) is 13.6. The first-order valence-corrected chi connectivity index (χ1v) is 16.2. The third-order valence-corrected chi connectivity index (χ3v) is 10.7. The molecule has 0 bridgehead atoms. The molecule has 1 fully saturated rings. The number of nitrogens with one attached hydrogen (secondary N) is 1. The highest BCUT2D eigenvalue weighted by Gasteiger charge is 2.38. The van der Waals surface area contributed by atoms with Gasteiger partial charge in [0.15, 0.2) is 0 Å². The van der Waals surface area contributed by atoms with Crippen molar-refractivity contribution in [2.45, 2.75) is 81.9 Å². The number of rotatable bonds is 7. The van der Waals surface area contributed by atoms with Crippen molar-refractivity contribution in [1.29, 1.82) is 0 Å². The van der Waals surface area contributed by atoms with Gasteiger partial charge in [0, 0.05) is 44.0 Å². The van der Waals surface area contributed by atoms with Gasteiger partial charge in [0.2, 0.25) is 15.9 Å². The summed E-state index contributed by atoms with van der Waals surface area (Å²) in [4.78, 5) is 16.3. The van der Waals surface area contributed by atoms with Crippen molar-refractivity contribution >= 4 is 15.9 Å². The molecule has 6 rings (SSSR count). The molecule has 0 saturated carbocycles. The van der Waals surface area contributed by atoms with E-state index in [9.17, 15) is 13.2 Å². The molecule has 1 aromatic heterocycles. The fraction of sp³-hybridized carbons (Fsp3) is 0.469. The molecule has 3 aliphatic rings. The first-order chi connectivity index (χ1) is 19.4. The summed E-state index contributed by atoms with van der Waals surface area (Å²) in [6, 6.07) is 17.3. The molecule has 0 spiro atoms. The zero-order valence-corrected chi connectivity index (χ0v) is 24.2. The lowest BCUT2D eigenvalue weighted by Crippen LogP contribution is -2.45. The van der Waals surface area contributed by atoms with E-state index in [-0.39, 0.29) is 23.3 Å². The average molecular weight is 561 g/mol. The van der Waals surface area contributed by atoms with Crippen molar-refractivity contribution in [3.63, 3.8) is 0 Å². The van der Waals surface area contributed by atoms with Gasteiger partial charge in [0.25, 0.3) is 0 Å². The Balaban J connectivity index is 1.13. The van der Waals surface area contributed by atoms with Crippen LogP contribution in [-0.2, 0) is 40.7 Å². The number of benzene rings is 2. The number of carbonyl (C=O) groups excluding carboxylic acids is 1. The topological polar surface area (TPSA) is 74.6 Å². The van der Waals surface area contributed by atoms with Crippen LogP contribution in [-0.4, -0.2) is 53.8 Å². The largest absolute Gasteiger partial charge is 0.353 e. The minimum atomic E-state index is -3.75. The second-order valence-electron chi connectivity index (χ2n) is 11.7. The van der Waals surface area contributed by atoms with Gasteiger partial charge in [0.05, 0.1) is 10.9 Å². The summed E-state index contributed by atoms with van der Waals surface area (Å²) in [6.07, 6.45) is 8.69. The van der Waals surface area contributed by atoms with Gasteiger partial charge in [-0.2, -0.15) is 4.31 Å². The highest BCUT2D eigenvalue weighted by Crippen LogP contribution is 2.34. The number of amides is 1. The SMILES string of the molecule is Cc1cccc(S(=O)(=O)N2CCn3cccc3C2CC(=O)NC2CCc3cc(CN4CCCCC4)ccc3C2)c1. The molecule has 8 heteroatoms. The highest BCUT2D eigenvalue weighted by molar-refractivity contribution is 7.89. The molecule has 3 heterocycles. The predicted molar refractivity (Wildman–Crippen MR) is 156 cm³/mol. The number of piperidine rings is 1. The summed E-state index contributed by atoms with van der Waals surface area (Å²) in [7, 11) is -3.75. The third kappa shape index (κ3) is 5.76. The van der Waals surface area contributed by atoms with Gasteiger partial charge in [-0.1, -0.05) is 36.8 Å². The number of aryl methyl sites for hydroxylation is 2. The first-order valence-electron chi connectivity index (χ1n) is 14.7. The molecular formula is C32H40N4O3S. The van der Waals surface area contributed by atoms with Gasteiger partial charge in [-0.3, -0.25) is 9.69 Å². The molecule has 1 saturated heterocycles. The Kier molecular flexibility index (Phi) is 7.84. The molecule has 1 amide bonds. The molecule has 40 heavy (non-hydrogen) atoms. The van der Waals surface area contributed by atoms with Crippen molar-refractivity contribution in [2.24, 2.45) is 0 Å². The summed E-state index contributed by atoms with van der Waals surface area (Å²) in [5.41, 5.74) is 5.87. The fourth-order valence-electron chi connectivity index (χ4n) is 6.72. The molecule has 1 N–H and O–H groups in total. The van der Waals surface area contributed by atoms with Crippen LogP contribution in [0.2, 0.25) is 0 Å². The predicted octanol–water partition coefficient (Wildman–Crippen LogP) is 4.59. The van der Waals surface area contributed by atoms with Gasteiger partial charge in [-0.15, -0.1) is 0 Å². The summed E-state index contributed by atoms with van der Waals surface area (Å²) < 4.78 is 31.0. The van der Waals surface area contributed by atoms with Crippen molar-refractivity contribution in [1.82, 2.24) is 19.1 Å². The maximum absolute atomic E-state index is 13.7. The molecule has 7 nitrogen and oxygen atoms in total. The van der Waals surface area contributed by atoms with Crippen LogP contribution in [0.15, 0.2) is 65.7 Å². The smallest absolute Gasteiger partial charge is 0.243 e. The molecule has 212 valence electrons. The van der Waals surface area contributed by atoms with Crippen LogP contribution in [0.3, 0.4) is 0 Å². The number of hydrogen-bond acceptors (Lipinski definition) is 4. The summed E-state index contributed by atoms with van der Waals surface area (Å²) in [5, 5.41) is 3.25. The Morgan fingerprint density at radius 2 is 1.80 bits per heavy atom. The highest BCUT2D eigenvalue weighted by atomic mass is 32.2. The molecule has 3 aromatic rings. The Labute approximate surface area is 238 Å². The summed E-state index contributed by atoms with van der Waals surface area (Å²) >= 11 is 0. The van der Waals surface area contributed by atoms with E-state index in [4.69, 9.17) is 0 Å². The fourth-order valence-corrected chi connectivity index (χ4v) is 8.41. The van der Waals surface area contributed by atoms with E-state index in [1.165, 1.54) is 53.3 Å². The van der Waals surface area contributed by atoms with E-state index in [0.717, 1.165) is 37.1 Å². The Morgan fingerprint density at radius 3 is 2.62 bits per heavy atom. The van der Waals surface area contributed by atoms with Crippen molar-refractivity contribution in [3.05, 3.63) is 88.7 Å².